The molecule has 4 nitrogen and oxygen atoms in total. The van der Waals surface area contributed by atoms with Crippen LogP contribution in [0.25, 0.3) is 11.1 Å². The van der Waals surface area contributed by atoms with Gasteiger partial charge in [-0.15, -0.1) is 11.3 Å². The summed E-state index contributed by atoms with van der Waals surface area (Å²) in [7, 11) is 0. The largest absolute Gasteiger partial charge is 0.448 e. The maximum Gasteiger partial charge on any atom is 0.349 e. The molecule has 1 aliphatic rings. The number of ether oxygens (including phenoxy) is 1. The number of thiophene rings is 1. The van der Waals surface area contributed by atoms with E-state index >= 15 is 0 Å². The van der Waals surface area contributed by atoms with E-state index in [0.29, 0.717) is 4.88 Å². The van der Waals surface area contributed by atoms with Crippen LogP contribution in [0.2, 0.25) is 0 Å². The first kappa shape index (κ1) is 20.4. The molecule has 0 fully saturated rings. The molecule has 1 amide bonds. The summed E-state index contributed by atoms with van der Waals surface area (Å²) in [4.78, 5) is 26.0. The van der Waals surface area contributed by atoms with Gasteiger partial charge in [-0.25, -0.2) is 4.79 Å². The Bertz CT molecular complexity index is 1050. The van der Waals surface area contributed by atoms with Gasteiger partial charge in [0, 0.05) is 5.56 Å². The Morgan fingerprint density at radius 3 is 2.67 bits per heavy atom. The van der Waals surface area contributed by atoms with Gasteiger partial charge in [-0.05, 0) is 61.2 Å². The average molecular weight is 420 g/mol. The number of hydrogen-bond acceptors (Lipinski definition) is 4. The molecule has 1 N–H and O–H groups in total. The molecule has 154 valence electrons. The number of aryl methyl sites for hydroxylation is 2. The molecule has 2 atom stereocenters. The minimum Gasteiger partial charge on any atom is -0.448 e. The van der Waals surface area contributed by atoms with Gasteiger partial charge < -0.3 is 10.1 Å². The van der Waals surface area contributed by atoms with E-state index in [1.807, 2.05) is 54.8 Å². The van der Waals surface area contributed by atoms with Crippen molar-refractivity contribution < 1.29 is 14.3 Å². The SMILES string of the molecule is Cc1ccc(-c2ccsc2C(=O)O[C@@H](C)C(=O)N[C@@H]2CCCc3ccccc32)cc1. The number of esters is 1. The fourth-order valence-electron chi connectivity index (χ4n) is 3.89. The molecule has 0 radical (unpaired) electrons. The Morgan fingerprint density at radius 2 is 1.87 bits per heavy atom. The number of nitrogens with one attached hydrogen (secondary N) is 1. The van der Waals surface area contributed by atoms with Crippen LogP contribution in [-0.4, -0.2) is 18.0 Å². The molecule has 0 unspecified atom stereocenters. The highest BCUT2D eigenvalue weighted by Crippen LogP contribution is 2.31. The summed E-state index contributed by atoms with van der Waals surface area (Å²) in [5, 5.41) is 4.94. The fraction of sp³-hybridized carbons (Fsp3) is 0.280. The second-order valence-corrected chi connectivity index (χ2v) is 8.65. The first-order valence-corrected chi connectivity index (χ1v) is 11.1. The third-order valence-corrected chi connectivity index (χ3v) is 6.45. The summed E-state index contributed by atoms with van der Waals surface area (Å²) in [6, 6.07) is 18.1. The lowest BCUT2D eigenvalue weighted by atomic mass is 9.87. The van der Waals surface area contributed by atoms with Gasteiger partial charge >= 0.3 is 5.97 Å². The lowest BCUT2D eigenvalue weighted by Crippen LogP contribution is -2.39. The second kappa shape index (κ2) is 8.84. The van der Waals surface area contributed by atoms with Crippen LogP contribution in [0, 0.1) is 6.92 Å². The molecule has 0 aliphatic heterocycles. The molecule has 3 aromatic rings. The van der Waals surface area contributed by atoms with Crippen LogP contribution in [0.5, 0.6) is 0 Å². The number of rotatable bonds is 5. The number of carbonyl (C=O) groups excluding carboxylic acids is 2. The Morgan fingerprint density at radius 1 is 1.10 bits per heavy atom. The zero-order chi connectivity index (χ0) is 21.1. The molecule has 5 heteroatoms. The van der Waals surface area contributed by atoms with Crippen molar-refractivity contribution in [2.24, 2.45) is 0 Å². The number of amides is 1. The monoisotopic (exact) mass is 419 g/mol. The molecular formula is C25H25NO3S. The zero-order valence-electron chi connectivity index (χ0n) is 17.2. The number of benzene rings is 2. The van der Waals surface area contributed by atoms with Crippen LogP contribution >= 0.6 is 11.3 Å². The molecule has 0 saturated heterocycles. The van der Waals surface area contributed by atoms with Crippen LogP contribution in [0.3, 0.4) is 0 Å². The van der Waals surface area contributed by atoms with Gasteiger partial charge in [0.25, 0.3) is 5.91 Å². The fourth-order valence-corrected chi connectivity index (χ4v) is 4.69. The Balaban J connectivity index is 1.43. The van der Waals surface area contributed by atoms with E-state index in [0.717, 1.165) is 41.5 Å². The smallest absolute Gasteiger partial charge is 0.349 e. The third-order valence-electron chi connectivity index (χ3n) is 5.55. The highest BCUT2D eigenvalue weighted by Gasteiger charge is 2.26. The molecule has 1 heterocycles. The summed E-state index contributed by atoms with van der Waals surface area (Å²) in [5.41, 5.74) is 5.40. The van der Waals surface area contributed by atoms with Crippen LogP contribution in [0.15, 0.2) is 60.0 Å². The summed E-state index contributed by atoms with van der Waals surface area (Å²) in [6.45, 7) is 3.65. The topological polar surface area (TPSA) is 55.4 Å². The lowest BCUT2D eigenvalue weighted by molar-refractivity contribution is -0.130. The van der Waals surface area contributed by atoms with Gasteiger partial charge in [-0.1, -0.05) is 54.1 Å². The van der Waals surface area contributed by atoms with Crippen molar-refractivity contribution in [3.8, 4) is 11.1 Å². The summed E-state index contributed by atoms with van der Waals surface area (Å²) < 4.78 is 5.53. The predicted octanol–water partition coefficient (Wildman–Crippen LogP) is 5.46. The van der Waals surface area contributed by atoms with Gasteiger partial charge in [0.05, 0.1) is 6.04 Å². The number of hydrogen-bond donors (Lipinski definition) is 1. The van der Waals surface area contributed by atoms with Crippen LogP contribution < -0.4 is 5.32 Å². The van der Waals surface area contributed by atoms with E-state index in [-0.39, 0.29) is 11.9 Å². The maximum atomic E-state index is 12.8. The molecular weight excluding hydrogens is 394 g/mol. The van der Waals surface area contributed by atoms with Crippen LogP contribution in [0.4, 0.5) is 0 Å². The zero-order valence-corrected chi connectivity index (χ0v) is 18.0. The van der Waals surface area contributed by atoms with E-state index in [1.54, 1.807) is 6.92 Å². The first-order chi connectivity index (χ1) is 14.5. The normalized spacial score (nSPS) is 16.4. The predicted molar refractivity (Wildman–Crippen MR) is 120 cm³/mol. The second-order valence-electron chi connectivity index (χ2n) is 7.73. The first-order valence-electron chi connectivity index (χ1n) is 10.3. The van der Waals surface area contributed by atoms with Gasteiger partial charge in [0.15, 0.2) is 6.10 Å². The van der Waals surface area contributed by atoms with Crippen molar-refractivity contribution in [2.75, 3.05) is 0 Å². The van der Waals surface area contributed by atoms with Crippen LogP contribution in [-0.2, 0) is 16.0 Å². The van der Waals surface area contributed by atoms with E-state index in [9.17, 15) is 9.59 Å². The highest BCUT2D eigenvalue weighted by atomic mass is 32.1. The number of carbonyl (C=O) groups is 2. The standard InChI is InChI=1S/C25H25NO3S/c1-16-10-12-19(13-11-16)21-14-15-30-23(21)25(28)29-17(2)24(27)26-22-9-5-7-18-6-3-4-8-20(18)22/h3-4,6,8,10-15,17,22H,5,7,9H2,1-2H3,(H,26,27)/t17-,22+/m0/s1. The Kier molecular flexibility index (Phi) is 6.00. The van der Waals surface area contributed by atoms with Gasteiger partial charge in [-0.2, -0.15) is 0 Å². The Labute approximate surface area is 180 Å². The van der Waals surface area contributed by atoms with Crippen molar-refractivity contribution >= 4 is 23.2 Å². The third kappa shape index (κ3) is 4.31. The van der Waals surface area contributed by atoms with Gasteiger partial charge in [-0.3, -0.25) is 4.79 Å². The molecule has 0 spiro atoms. The molecule has 1 aromatic heterocycles. The van der Waals surface area contributed by atoms with E-state index in [1.165, 1.54) is 16.9 Å². The average Bonchev–Trinajstić information content (AvgIpc) is 3.24. The molecule has 4 rings (SSSR count). The quantitative estimate of drug-likeness (QED) is 0.559. The maximum absolute atomic E-state index is 12.8. The van der Waals surface area contributed by atoms with Crippen molar-refractivity contribution in [3.63, 3.8) is 0 Å². The van der Waals surface area contributed by atoms with Crippen molar-refractivity contribution in [1.29, 1.82) is 0 Å². The molecule has 30 heavy (non-hydrogen) atoms. The van der Waals surface area contributed by atoms with Gasteiger partial charge in [0.2, 0.25) is 0 Å². The van der Waals surface area contributed by atoms with Crippen LogP contribution in [0.1, 0.15) is 52.2 Å². The van der Waals surface area contributed by atoms with E-state index in [4.69, 9.17) is 4.74 Å². The summed E-state index contributed by atoms with van der Waals surface area (Å²) >= 11 is 1.33. The minimum atomic E-state index is -0.862. The molecule has 2 aromatic carbocycles. The van der Waals surface area contributed by atoms with Crippen molar-refractivity contribution in [2.45, 2.75) is 45.3 Å². The lowest BCUT2D eigenvalue weighted by Gasteiger charge is -2.27. The molecule has 1 aliphatic carbocycles. The van der Waals surface area contributed by atoms with Crippen molar-refractivity contribution in [3.05, 3.63) is 81.5 Å². The minimum absolute atomic E-state index is 0.0338. The summed E-state index contributed by atoms with van der Waals surface area (Å²) in [6.07, 6.45) is 2.10. The molecule has 0 saturated carbocycles. The van der Waals surface area contributed by atoms with E-state index < -0.39 is 12.1 Å². The van der Waals surface area contributed by atoms with E-state index in [2.05, 4.69) is 17.4 Å². The summed E-state index contributed by atoms with van der Waals surface area (Å²) in [5.74, 6) is -0.731. The molecule has 0 bridgehead atoms. The number of fused-ring (bicyclic) bond motifs is 1. The van der Waals surface area contributed by atoms with Crippen molar-refractivity contribution in [1.82, 2.24) is 5.32 Å². The highest BCUT2D eigenvalue weighted by molar-refractivity contribution is 7.12. The van der Waals surface area contributed by atoms with Gasteiger partial charge in [0.1, 0.15) is 4.88 Å². The Hall–Kier alpha value is -2.92.